The van der Waals surface area contributed by atoms with Crippen LogP contribution in [-0.2, 0) is 19.8 Å². The Labute approximate surface area is 175 Å². The van der Waals surface area contributed by atoms with Crippen LogP contribution in [0.1, 0.15) is 43.4 Å². The van der Waals surface area contributed by atoms with E-state index in [1.54, 1.807) is 11.8 Å². The highest BCUT2D eigenvalue weighted by Gasteiger charge is 2.72. The number of imide groups is 1. The number of amides is 2. The van der Waals surface area contributed by atoms with E-state index in [9.17, 15) is 19.2 Å². The molecule has 1 aromatic rings. The fourth-order valence-electron chi connectivity index (χ4n) is 7.43. The molecule has 29 heavy (non-hydrogen) atoms. The largest absolute Gasteiger partial charge is 0.480 e. The van der Waals surface area contributed by atoms with Crippen LogP contribution in [-0.4, -0.2) is 44.6 Å². The maximum atomic E-state index is 13.1. The Kier molecular flexibility index (Phi) is 3.74. The molecule has 1 saturated heterocycles. The van der Waals surface area contributed by atoms with Gasteiger partial charge in [0.1, 0.15) is 6.54 Å². The van der Waals surface area contributed by atoms with Crippen molar-refractivity contribution in [1.29, 1.82) is 0 Å². The van der Waals surface area contributed by atoms with Crippen molar-refractivity contribution < 1.29 is 19.5 Å². The molecule has 2 amide bonds. The predicted molar refractivity (Wildman–Crippen MR) is 106 cm³/mol. The number of aliphatic carboxylic acids is 1. The van der Waals surface area contributed by atoms with Gasteiger partial charge in [0.25, 0.3) is 0 Å². The van der Waals surface area contributed by atoms with Gasteiger partial charge in [-0.15, -0.1) is 11.8 Å². The molecule has 1 spiro atoms. The number of hydrogen-bond donors (Lipinski definition) is 2. The molecule has 6 rings (SSSR count). The van der Waals surface area contributed by atoms with Crippen LogP contribution in [0.25, 0.3) is 0 Å². The average molecular weight is 435 g/mol. The molecule has 2 N–H and O–H groups in total. The summed E-state index contributed by atoms with van der Waals surface area (Å²) < 4.78 is 0. The number of carbonyl (C=O) groups is 3. The lowest BCUT2D eigenvalue weighted by Crippen LogP contribution is -2.51. The third kappa shape index (κ3) is 2.20. The van der Waals surface area contributed by atoms with Crippen molar-refractivity contribution in [3.63, 3.8) is 0 Å². The summed E-state index contributed by atoms with van der Waals surface area (Å²) in [6, 6.07) is 0. The molecule has 1 aromatic heterocycles. The van der Waals surface area contributed by atoms with Gasteiger partial charge in [-0.05, 0) is 37.0 Å². The first-order valence-electron chi connectivity index (χ1n) is 10.4. The van der Waals surface area contributed by atoms with Crippen LogP contribution in [0.2, 0.25) is 0 Å². The Hall–Kier alpha value is -1.61. The molecule has 6 atom stereocenters. The third-order valence-electron chi connectivity index (χ3n) is 8.19. The summed E-state index contributed by atoms with van der Waals surface area (Å²) >= 11 is 3.04. The van der Waals surface area contributed by atoms with Crippen molar-refractivity contribution in [1.82, 2.24) is 9.88 Å². The summed E-state index contributed by atoms with van der Waals surface area (Å²) in [6.07, 6.45) is 6.40. The van der Waals surface area contributed by atoms with E-state index >= 15 is 0 Å². The molecule has 9 heteroatoms. The summed E-state index contributed by atoms with van der Waals surface area (Å²) in [5, 5.41) is 10.4. The molecular formula is C20H22N2O5S2. The standard InChI is InChI=1S/C20H22N2O5S2/c23-10(24)7-22-17(25)11-8-6-9(12(11)18(22)26)14-13(8)20(4-2-1-3-5-20)15-16(28-14)21-19(27)29-15/h8-9,11-14H,1-7H2,(H,21,27)(H,23,24)/t8-,9-,11+,12+,13-,14+/m0/s1. The topological polar surface area (TPSA) is 108 Å². The van der Waals surface area contributed by atoms with E-state index < -0.39 is 12.5 Å². The first kappa shape index (κ1) is 18.2. The first-order valence-corrected chi connectivity index (χ1v) is 12.1. The molecule has 2 bridgehead atoms. The average Bonchev–Trinajstić information content (AvgIpc) is 3.41. The fraction of sp³-hybridized carbons (Fsp3) is 0.700. The van der Waals surface area contributed by atoms with Gasteiger partial charge in [0, 0.05) is 15.5 Å². The van der Waals surface area contributed by atoms with Crippen LogP contribution in [0, 0.1) is 29.6 Å². The van der Waals surface area contributed by atoms with Crippen molar-refractivity contribution >= 4 is 40.9 Å². The molecule has 3 saturated carbocycles. The van der Waals surface area contributed by atoms with E-state index in [-0.39, 0.29) is 51.0 Å². The molecule has 2 aliphatic heterocycles. The summed E-state index contributed by atoms with van der Waals surface area (Å²) in [5.74, 6) is -1.98. The molecule has 0 radical (unpaired) electrons. The van der Waals surface area contributed by atoms with Crippen LogP contribution < -0.4 is 4.87 Å². The van der Waals surface area contributed by atoms with E-state index in [1.807, 2.05) is 0 Å². The molecule has 4 fully saturated rings. The number of carboxylic acid groups (broad SMARTS) is 1. The highest BCUT2D eigenvalue weighted by molar-refractivity contribution is 8.00. The number of carbonyl (C=O) groups excluding carboxylic acids is 2. The van der Waals surface area contributed by atoms with Crippen LogP contribution in [0.4, 0.5) is 0 Å². The van der Waals surface area contributed by atoms with Gasteiger partial charge in [0.05, 0.1) is 16.9 Å². The van der Waals surface area contributed by atoms with Crippen molar-refractivity contribution in [2.24, 2.45) is 29.6 Å². The monoisotopic (exact) mass is 434 g/mol. The molecule has 0 aromatic carbocycles. The number of likely N-dealkylation sites (tertiary alicyclic amines) is 1. The number of aromatic amines is 1. The van der Waals surface area contributed by atoms with Crippen LogP contribution in [0.5, 0.6) is 0 Å². The van der Waals surface area contributed by atoms with Crippen LogP contribution in [0.15, 0.2) is 9.82 Å². The quantitative estimate of drug-likeness (QED) is 0.690. The Bertz CT molecular complexity index is 993. The summed E-state index contributed by atoms with van der Waals surface area (Å²) in [6.45, 7) is -0.529. The normalized spacial score (nSPS) is 39.0. The summed E-state index contributed by atoms with van der Waals surface area (Å²) in [7, 11) is 0. The lowest BCUT2D eigenvalue weighted by molar-refractivity contribution is -0.150. The number of rotatable bonds is 2. The number of thiazole rings is 1. The molecule has 5 aliphatic rings. The van der Waals surface area contributed by atoms with E-state index in [1.165, 1.54) is 22.6 Å². The van der Waals surface area contributed by atoms with Crippen LogP contribution >= 0.6 is 23.1 Å². The minimum atomic E-state index is -1.14. The van der Waals surface area contributed by atoms with Gasteiger partial charge in [0.15, 0.2) is 0 Å². The van der Waals surface area contributed by atoms with E-state index in [4.69, 9.17) is 5.11 Å². The number of nitrogens with one attached hydrogen (secondary N) is 1. The minimum Gasteiger partial charge on any atom is -0.480 e. The van der Waals surface area contributed by atoms with Gasteiger partial charge >= 0.3 is 10.8 Å². The molecule has 3 aliphatic carbocycles. The van der Waals surface area contributed by atoms with Crippen molar-refractivity contribution in [2.45, 2.75) is 54.2 Å². The minimum absolute atomic E-state index is 0.0141. The number of nitrogens with zero attached hydrogens (tertiary/aromatic N) is 1. The zero-order chi connectivity index (χ0) is 20.1. The van der Waals surface area contributed by atoms with Crippen molar-refractivity contribution in [3.8, 4) is 0 Å². The van der Waals surface area contributed by atoms with E-state index in [2.05, 4.69) is 4.98 Å². The number of thioether (sulfide) groups is 1. The highest BCUT2D eigenvalue weighted by atomic mass is 32.2. The third-order valence-corrected chi connectivity index (χ3v) is 10.9. The lowest BCUT2D eigenvalue weighted by atomic mass is 9.57. The van der Waals surface area contributed by atoms with Gasteiger partial charge in [-0.3, -0.25) is 24.1 Å². The number of carboxylic acids is 1. The second-order valence-electron chi connectivity index (χ2n) is 9.27. The van der Waals surface area contributed by atoms with E-state index in [0.29, 0.717) is 5.92 Å². The van der Waals surface area contributed by atoms with Crippen LogP contribution in [0.3, 0.4) is 0 Å². The SMILES string of the molecule is O=C(O)CN1C(=O)[C@@H]2[C@@H]3C[C@@H]([C@H]2C1=O)[C@H]1[C@@H]3Sc2[nH]c(=O)sc2C12CCCCC2. The van der Waals surface area contributed by atoms with Crippen molar-refractivity contribution in [3.05, 3.63) is 14.5 Å². The molecular weight excluding hydrogens is 412 g/mol. The van der Waals surface area contributed by atoms with Gasteiger partial charge in [-0.25, -0.2) is 0 Å². The Morgan fingerprint density at radius 1 is 1.10 bits per heavy atom. The zero-order valence-electron chi connectivity index (χ0n) is 15.8. The smallest absolute Gasteiger partial charge is 0.323 e. The highest BCUT2D eigenvalue weighted by Crippen LogP contribution is 2.71. The molecule has 0 unspecified atom stereocenters. The molecule has 3 heterocycles. The van der Waals surface area contributed by atoms with Gasteiger partial charge in [-0.1, -0.05) is 30.6 Å². The number of fused-ring (bicyclic) bond motifs is 11. The second kappa shape index (κ2) is 5.97. The van der Waals surface area contributed by atoms with Gasteiger partial charge < -0.3 is 10.1 Å². The van der Waals surface area contributed by atoms with Gasteiger partial charge in [-0.2, -0.15) is 0 Å². The van der Waals surface area contributed by atoms with Crippen molar-refractivity contribution in [2.75, 3.05) is 6.54 Å². The lowest BCUT2D eigenvalue weighted by Gasteiger charge is -2.52. The molecule has 7 nitrogen and oxygen atoms in total. The molecule has 154 valence electrons. The number of H-pyrrole nitrogens is 1. The Morgan fingerprint density at radius 3 is 2.48 bits per heavy atom. The first-order chi connectivity index (χ1) is 13.9. The maximum absolute atomic E-state index is 13.1. The summed E-state index contributed by atoms with van der Waals surface area (Å²) in [4.78, 5) is 54.7. The number of aromatic nitrogens is 1. The zero-order valence-corrected chi connectivity index (χ0v) is 17.4. The van der Waals surface area contributed by atoms with Gasteiger partial charge in [0.2, 0.25) is 11.8 Å². The fourth-order valence-corrected chi connectivity index (χ4v) is 10.6. The number of hydrogen-bond acceptors (Lipinski definition) is 6. The maximum Gasteiger partial charge on any atom is 0.323 e. The summed E-state index contributed by atoms with van der Waals surface area (Å²) in [5.41, 5.74) is -0.0682. The second-order valence-corrected chi connectivity index (χ2v) is 11.4. The Morgan fingerprint density at radius 2 is 1.79 bits per heavy atom. The van der Waals surface area contributed by atoms with E-state index in [0.717, 1.165) is 42.0 Å². The Balaban J connectivity index is 1.45. The predicted octanol–water partition coefficient (Wildman–Crippen LogP) is 2.06.